The quantitative estimate of drug-likeness (QED) is 0.803. The third-order valence-corrected chi connectivity index (χ3v) is 3.21. The Hall–Kier alpha value is -2.64. The number of hydrogen-bond donors (Lipinski definition) is 2. The maximum Gasteiger partial charge on any atom is 0.354 e. The second-order valence-electron chi connectivity index (χ2n) is 4.53. The maximum absolute atomic E-state index is 11.9. The highest BCUT2D eigenvalue weighted by Gasteiger charge is 2.13. The van der Waals surface area contributed by atoms with Crippen LogP contribution in [0.25, 0.3) is 0 Å². The summed E-state index contributed by atoms with van der Waals surface area (Å²) in [5, 5.41) is 19.7. The van der Waals surface area contributed by atoms with Crippen molar-refractivity contribution >= 4 is 11.9 Å². The van der Waals surface area contributed by atoms with Gasteiger partial charge in [0, 0.05) is 30.5 Å². The highest BCUT2D eigenvalue weighted by atomic mass is 16.4. The van der Waals surface area contributed by atoms with Crippen LogP contribution >= 0.6 is 0 Å². The van der Waals surface area contributed by atoms with E-state index >= 15 is 0 Å². The molecule has 2 N–H and O–H groups in total. The standard InChI is InChI=1S/C13H17N5O3/c1-3-17-9(2)10(7-16-17)6-14-12(19)8-18-11(13(20)21)4-5-15-18/h4-5,7H,3,6,8H2,1-2H3,(H,14,19)(H,20,21). The van der Waals surface area contributed by atoms with Gasteiger partial charge in [-0.25, -0.2) is 9.48 Å². The number of rotatable bonds is 6. The Morgan fingerprint density at radius 1 is 1.33 bits per heavy atom. The van der Waals surface area contributed by atoms with Crippen LogP contribution in [0.5, 0.6) is 0 Å². The van der Waals surface area contributed by atoms with Crippen molar-refractivity contribution in [3.05, 3.63) is 35.4 Å². The fourth-order valence-electron chi connectivity index (χ4n) is 2.00. The minimum atomic E-state index is -1.11. The number of aryl methyl sites for hydroxylation is 1. The summed E-state index contributed by atoms with van der Waals surface area (Å²) in [6.07, 6.45) is 3.07. The van der Waals surface area contributed by atoms with Gasteiger partial charge in [0.1, 0.15) is 12.2 Å². The molecule has 8 heteroatoms. The maximum atomic E-state index is 11.9. The van der Waals surface area contributed by atoms with Crippen molar-refractivity contribution in [3.63, 3.8) is 0 Å². The van der Waals surface area contributed by atoms with Crippen LogP contribution in [-0.2, 0) is 24.4 Å². The van der Waals surface area contributed by atoms with Crippen LogP contribution in [0.4, 0.5) is 0 Å². The van der Waals surface area contributed by atoms with Crippen molar-refractivity contribution < 1.29 is 14.7 Å². The number of carboxylic acid groups (broad SMARTS) is 1. The van der Waals surface area contributed by atoms with Crippen molar-refractivity contribution in [1.29, 1.82) is 0 Å². The van der Waals surface area contributed by atoms with Gasteiger partial charge in [0.05, 0.1) is 6.20 Å². The molecule has 0 aromatic carbocycles. The minimum Gasteiger partial charge on any atom is -0.477 e. The summed E-state index contributed by atoms with van der Waals surface area (Å²) < 4.78 is 3.00. The van der Waals surface area contributed by atoms with Gasteiger partial charge in [-0.2, -0.15) is 10.2 Å². The third kappa shape index (κ3) is 3.28. The molecule has 0 radical (unpaired) electrons. The number of amides is 1. The lowest BCUT2D eigenvalue weighted by atomic mass is 10.2. The predicted octanol–water partition coefficient (Wildman–Crippen LogP) is 0.423. The molecule has 112 valence electrons. The summed E-state index contributed by atoms with van der Waals surface area (Å²) >= 11 is 0. The van der Waals surface area contributed by atoms with E-state index < -0.39 is 5.97 Å². The average molecular weight is 291 g/mol. The number of hydrogen-bond acceptors (Lipinski definition) is 4. The summed E-state index contributed by atoms with van der Waals surface area (Å²) in [7, 11) is 0. The van der Waals surface area contributed by atoms with E-state index in [4.69, 9.17) is 5.11 Å². The molecule has 0 bridgehead atoms. The Labute approximate surface area is 121 Å². The van der Waals surface area contributed by atoms with E-state index in [1.54, 1.807) is 6.20 Å². The molecular weight excluding hydrogens is 274 g/mol. The number of nitrogens with zero attached hydrogens (tertiary/aromatic N) is 4. The molecule has 0 unspecified atom stereocenters. The zero-order valence-electron chi connectivity index (χ0n) is 11.9. The summed E-state index contributed by atoms with van der Waals surface area (Å²) in [4.78, 5) is 22.8. The highest BCUT2D eigenvalue weighted by molar-refractivity contribution is 5.86. The highest BCUT2D eigenvalue weighted by Crippen LogP contribution is 2.06. The van der Waals surface area contributed by atoms with Gasteiger partial charge >= 0.3 is 5.97 Å². The molecule has 2 rings (SSSR count). The number of nitrogens with one attached hydrogen (secondary N) is 1. The Morgan fingerprint density at radius 3 is 2.71 bits per heavy atom. The van der Waals surface area contributed by atoms with E-state index in [0.29, 0.717) is 6.54 Å². The van der Waals surface area contributed by atoms with Crippen LogP contribution in [0.15, 0.2) is 18.5 Å². The van der Waals surface area contributed by atoms with Crippen LogP contribution in [0.2, 0.25) is 0 Å². The predicted molar refractivity (Wildman–Crippen MR) is 73.7 cm³/mol. The fourth-order valence-corrected chi connectivity index (χ4v) is 2.00. The number of carbonyl (C=O) groups excluding carboxylic acids is 1. The first-order valence-electron chi connectivity index (χ1n) is 6.56. The van der Waals surface area contributed by atoms with Crippen LogP contribution in [0, 0.1) is 6.92 Å². The van der Waals surface area contributed by atoms with Crippen molar-refractivity contribution in [2.45, 2.75) is 33.5 Å². The number of aromatic carboxylic acids is 1. The fraction of sp³-hybridized carbons (Fsp3) is 0.385. The Morgan fingerprint density at radius 2 is 2.10 bits per heavy atom. The van der Waals surface area contributed by atoms with E-state index in [2.05, 4.69) is 15.5 Å². The molecule has 0 aliphatic rings. The molecule has 0 fully saturated rings. The van der Waals surface area contributed by atoms with Crippen molar-refractivity contribution in [2.24, 2.45) is 0 Å². The van der Waals surface area contributed by atoms with Crippen molar-refractivity contribution in [3.8, 4) is 0 Å². The molecule has 21 heavy (non-hydrogen) atoms. The molecule has 0 aliphatic carbocycles. The zero-order valence-corrected chi connectivity index (χ0v) is 11.9. The Balaban J connectivity index is 1.94. The first-order chi connectivity index (χ1) is 10.0. The Kier molecular flexibility index (Phi) is 4.36. The molecule has 0 saturated heterocycles. The lowest BCUT2D eigenvalue weighted by Gasteiger charge is -2.07. The van der Waals surface area contributed by atoms with Crippen LogP contribution in [0.1, 0.15) is 28.7 Å². The molecule has 0 aliphatic heterocycles. The molecule has 8 nitrogen and oxygen atoms in total. The van der Waals surface area contributed by atoms with Gasteiger partial charge in [-0.15, -0.1) is 0 Å². The first kappa shape index (κ1) is 14.8. The smallest absolute Gasteiger partial charge is 0.354 e. The van der Waals surface area contributed by atoms with Gasteiger partial charge in [0.2, 0.25) is 5.91 Å². The van der Waals surface area contributed by atoms with Gasteiger partial charge in [-0.1, -0.05) is 0 Å². The second-order valence-corrected chi connectivity index (χ2v) is 4.53. The van der Waals surface area contributed by atoms with Crippen LogP contribution < -0.4 is 5.32 Å². The van der Waals surface area contributed by atoms with Crippen LogP contribution in [-0.4, -0.2) is 36.5 Å². The summed E-state index contributed by atoms with van der Waals surface area (Å²) in [6, 6.07) is 1.35. The molecule has 0 saturated carbocycles. The lowest BCUT2D eigenvalue weighted by Crippen LogP contribution is -2.29. The van der Waals surface area contributed by atoms with Gasteiger partial charge in [0.15, 0.2) is 0 Å². The molecule has 2 aromatic rings. The molecule has 2 heterocycles. The molecule has 0 spiro atoms. The van der Waals surface area contributed by atoms with E-state index in [1.807, 2.05) is 18.5 Å². The van der Waals surface area contributed by atoms with Crippen LogP contribution in [0.3, 0.4) is 0 Å². The summed E-state index contributed by atoms with van der Waals surface area (Å²) in [5.74, 6) is -1.41. The first-order valence-corrected chi connectivity index (χ1v) is 6.56. The van der Waals surface area contributed by atoms with Gasteiger partial charge in [-0.05, 0) is 19.9 Å². The molecule has 1 amide bonds. The number of carboxylic acids is 1. The largest absolute Gasteiger partial charge is 0.477 e. The van der Waals surface area contributed by atoms with E-state index in [-0.39, 0.29) is 18.1 Å². The third-order valence-electron chi connectivity index (χ3n) is 3.21. The second kappa shape index (κ2) is 6.21. The molecular formula is C13H17N5O3. The zero-order chi connectivity index (χ0) is 15.4. The Bertz CT molecular complexity index is 659. The lowest BCUT2D eigenvalue weighted by molar-refractivity contribution is -0.122. The van der Waals surface area contributed by atoms with Crippen molar-refractivity contribution in [2.75, 3.05) is 0 Å². The normalized spacial score (nSPS) is 10.6. The number of carbonyl (C=O) groups is 2. The SMILES string of the molecule is CCn1ncc(CNC(=O)Cn2nccc2C(=O)O)c1C. The van der Waals surface area contributed by atoms with Gasteiger partial charge in [0.25, 0.3) is 0 Å². The topological polar surface area (TPSA) is 102 Å². The van der Waals surface area contributed by atoms with Gasteiger partial charge < -0.3 is 10.4 Å². The summed E-state index contributed by atoms with van der Waals surface area (Å²) in [6.45, 7) is 4.93. The minimum absolute atomic E-state index is 0.0138. The van der Waals surface area contributed by atoms with E-state index in [9.17, 15) is 9.59 Å². The van der Waals surface area contributed by atoms with Gasteiger partial charge in [-0.3, -0.25) is 9.48 Å². The monoisotopic (exact) mass is 291 g/mol. The van der Waals surface area contributed by atoms with E-state index in [0.717, 1.165) is 22.5 Å². The average Bonchev–Trinajstić information content (AvgIpc) is 3.03. The summed E-state index contributed by atoms with van der Waals surface area (Å²) in [5.41, 5.74) is 1.92. The molecule has 0 atom stereocenters. The molecule has 2 aromatic heterocycles. The van der Waals surface area contributed by atoms with Crippen molar-refractivity contribution in [1.82, 2.24) is 24.9 Å². The number of aromatic nitrogens is 4. The van der Waals surface area contributed by atoms with E-state index in [1.165, 1.54) is 12.3 Å².